The Morgan fingerprint density at radius 3 is 2.90 bits per heavy atom. The van der Waals surface area contributed by atoms with Crippen LogP contribution in [0.5, 0.6) is 5.75 Å². The summed E-state index contributed by atoms with van der Waals surface area (Å²) in [6.45, 7) is 8.26. The molecule has 0 fully saturated rings. The van der Waals surface area contributed by atoms with Gasteiger partial charge in [-0.2, -0.15) is 5.10 Å². The Labute approximate surface area is 124 Å². The van der Waals surface area contributed by atoms with Crippen molar-refractivity contribution < 1.29 is 4.74 Å². The summed E-state index contributed by atoms with van der Waals surface area (Å²) in [5.41, 5.74) is 8.65. The number of nitrogen functional groups attached to an aromatic ring is 1. The van der Waals surface area contributed by atoms with Crippen molar-refractivity contribution in [3.8, 4) is 5.75 Å². The van der Waals surface area contributed by atoms with Gasteiger partial charge in [0.2, 0.25) is 5.95 Å². The molecule has 5 heteroatoms. The molecule has 0 aliphatic rings. The molecule has 0 aliphatic heterocycles. The number of hydrogen-bond acceptors (Lipinski definition) is 4. The van der Waals surface area contributed by atoms with E-state index in [9.17, 15) is 0 Å². The molecule has 5 nitrogen and oxygen atoms in total. The summed E-state index contributed by atoms with van der Waals surface area (Å²) in [7, 11) is 0. The maximum atomic E-state index is 5.75. The third kappa shape index (κ3) is 3.72. The van der Waals surface area contributed by atoms with Crippen molar-refractivity contribution in [3.05, 3.63) is 53.9 Å². The van der Waals surface area contributed by atoms with Crippen LogP contribution in [-0.2, 0) is 6.42 Å². The monoisotopic (exact) mass is 284 g/mol. The van der Waals surface area contributed by atoms with Crippen molar-refractivity contribution in [2.24, 2.45) is 5.10 Å². The van der Waals surface area contributed by atoms with Gasteiger partial charge in [0, 0.05) is 0 Å². The first kappa shape index (κ1) is 14.8. The highest BCUT2D eigenvalue weighted by molar-refractivity contribution is 5.80. The number of allylic oxidation sites excluding steroid dienone is 1. The second kappa shape index (κ2) is 6.74. The molecule has 0 aliphatic carbocycles. The minimum atomic E-state index is 0.376. The van der Waals surface area contributed by atoms with Crippen LogP contribution in [0.4, 0.5) is 5.95 Å². The van der Waals surface area contributed by atoms with Crippen LogP contribution in [0, 0.1) is 6.92 Å². The van der Waals surface area contributed by atoms with Gasteiger partial charge < -0.3 is 10.5 Å². The van der Waals surface area contributed by atoms with E-state index in [0.717, 1.165) is 29.0 Å². The highest BCUT2D eigenvalue weighted by Crippen LogP contribution is 2.20. The zero-order valence-corrected chi connectivity index (χ0v) is 12.4. The van der Waals surface area contributed by atoms with Gasteiger partial charge in [-0.15, -0.1) is 6.58 Å². The number of benzene rings is 1. The van der Waals surface area contributed by atoms with E-state index in [1.165, 1.54) is 0 Å². The van der Waals surface area contributed by atoms with E-state index < -0.39 is 0 Å². The second-order valence-electron chi connectivity index (χ2n) is 4.62. The van der Waals surface area contributed by atoms with E-state index in [-0.39, 0.29) is 0 Å². The van der Waals surface area contributed by atoms with Gasteiger partial charge in [-0.1, -0.05) is 6.08 Å². The molecule has 0 spiro atoms. The fourth-order valence-electron chi connectivity index (χ4n) is 2.02. The van der Waals surface area contributed by atoms with Gasteiger partial charge in [0.15, 0.2) is 0 Å². The topological polar surface area (TPSA) is 65.4 Å². The van der Waals surface area contributed by atoms with Crippen LogP contribution in [-0.4, -0.2) is 22.5 Å². The molecule has 21 heavy (non-hydrogen) atoms. The van der Waals surface area contributed by atoms with E-state index in [0.29, 0.717) is 12.6 Å². The molecule has 2 N–H and O–H groups in total. The minimum Gasteiger partial charge on any atom is -0.494 e. The smallest absolute Gasteiger partial charge is 0.221 e. The molecule has 1 aromatic heterocycles. The van der Waals surface area contributed by atoms with Crippen LogP contribution in [0.1, 0.15) is 23.7 Å². The second-order valence-corrected chi connectivity index (χ2v) is 4.62. The zero-order valence-electron chi connectivity index (χ0n) is 12.4. The quantitative estimate of drug-likeness (QED) is 0.655. The Hall–Kier alpha value is -2.56. The fraction of sp³-hybridized carbons (Fsp3) is 0.250. The number of imidazole rings is 1. The first-order valence-corrected chi connectivity index (χ1v) is 6.86. The van der Waals surface area contributed by atoms with Crippen LogP contribution < -0.4 is 10.5 Å². The minimum absolute atomic E-state index is 0.376. The molecule has 2 aromatic rings. The summed E-state index contributed by atoms with van der Waals surface area (Å²) in [4.78, 5) is 4.10. The molecule has 1 aromatic carbocycles. The summed E-state index contributed by atoms with van der Waals surface area (Å²) < 4.78 is 7.16. The van der Waals surface area contributed by atoms with Gasteiger partial charge in [0.05, 0.1) is 24.7 Å². The number of aromatic nitrogens is 2. The van der Waals surface area contributed by atoms with Gasteiger partial charge in [-0.05, 0) is 49.6 Å². The first-order valence-electron chi connectivity index (χ1n) is 6.86. The molecule has 0 saturated heterocycles. The van der Waals surface area contributed by atoms with Crippen LogP contribution in [0.3, 0.4) is 0 Å². The van der Waals surface area contributed by atoms with E-state index in [1.807, 2.05) is 38.1 Å². The summed E-state index contributed by atoms with van der Waals surface area (Å²) in [5.74, 6) is 1.26. The highest BCUT2D eigenvalue weighted by Gasteiger charge is 2.03. The van der Waals surface area contributed by atoms with E-state index in [2.05, 4.69) is 16.7 Å². The Balaban J connectivity index is 2.25. The molecule has 0 amide bonds. The zero-order chi connectivity index (χ0) is 15.2. The molecule has 2 rings (SSSR count). The Morgan fingerprint density at radius 1 is 1.48 bits per heavy atom. The lowest BCUT2D eigenvalue weighted by Crippen LogP contribution is -1.99. The Kier molecular flexibility index (Phi) is 4.77. The highest BCUT2D eigenvalue weighted by atomic mass is 16.5. The summed E-state index contributed by atoms with van der Waals surface area (Å²) in [6.07, 6.45) is 6.14. The number of aryl methyl sites for hydroxylation is 1. The standard InChI is InChI=1S/C16H20N4O/c1-4-6-14-9-13(7-8-15(14)21-5-2)10-18-20-11-12(3)19-16(20)17/h4,7-11H,1,5-6H2,2-3H3,(H2,17,19). The number of rotatable bonds is 6. The maximum absolute atomic E-state index is 5.75. The number of hydrogen-bond donors (Lipinski definition) is 1. The van der Waals surface area contributed by atoms with E-state index in [1.54, 1.807) is 17.1 Å². The normalized spacial score (nSPS) is 11.0. The number of nitrogens with zero attached hydrogens (tertiary/aromatic N) is 3. The SMILES string of the molecule is C=CCc1cc(C=Nn2cc(C)nc2N)ccc1OCC. The van der Waals surface area contributed by atoms with E-state index >= 15 is 0 Å². The van der Waals surface area contributed by atoms with Crippen molar-refractivity contribution in [1.29, 1.82) is 0 Å². The maximum Gasteiger partial charge on any atom is 0.221 e. The van der Waals surface area contributed by atoms with Gasteiger partial charge in [-0.3, -0.25) is 0 Å². The molecule has 0 saturated carbocycles. The molecule has 0 radical (unpaired) electrons. The lowest BCUT2D eigenvalue weighted by molar-refractivity contribution is 0.337. The predicted molar refractivity (Wildman–Crippen MR) is 85.9 cm³/mol. The van der Waals surface area contributed by atoms with Crippen molar-refractivity contribution >= 4 is 12.2 Å². The lowest BCUT2D eigenvalue weighted by Gasteiger charge is -2.09. The molecule has 1 heterocycles. The largest absolute Gasteiger partial charge is 0.494 e. The lowest BCUT2D eigenvalue weighted by atomic mass is 10.1. The van der Waals surface area contributed by atoms with Crippen molar-refractivity contribution in [3.63, 3.8) is 0 Å². The van der Waals surface area contributed by atoms with Gasteiger partial charge in [-0.25, -0.2) is 9.66 Å². The van der Waals surface area contributed by atoms with Gasteiger partial charge >= 0.3 is 0 Å². The number of nitrogens with two attached hydrogens (primary N) is 1. The van der Waals surface area contributed by atoms with Crippen LogP contribution >= 0.6 is 0 Å². The van der Waals surface area contributed by atoms with E-state index in [4.69, 9.17) is 10.5 Å². The molecule has 0 unspecified atom stereocenters. The Bertz CT molecular complexity index is 658. The van der Waals surface area contributed by atoms with Gasteiger partial charge in [0.25, 0.3) is 0 Å². The Morgan fingerprint density at radius 2 is 2.29 bits per heavy atom. The van der Waals surface area contributed by atoms with Crippen LogP contribution in [0.25, 0.3) is 0 Å². The average molecular weight is 284 g/mol. The molecular formula is C16H20N4O. The fourth-order valence-corrected chi connectivity index (χ4v) is 2.02. The third-order valence-electron chi connectivity index (χ3n) is 2.91. The third-order valence-corrected chi connectivity index (χ3v) is 2.91. The van der Waals surface area contributed by atoms with Crippen LogP contribution in [0.15, 0.2) is 42.2 Å². The summed E-state index contributed by atoms with van der Waals surface area (Å²) >= 11 is 0. The molecular weight excluding hydrogens is 264 g/mol. The van der Waals surface area contributed by atoms with Gasteiger partial charge in [0.1, 0.15) is 5.75 Å². The number of ether oxygens (including phenoxy) is 1. The van der Waals surface area contributed by atoms with Crippen molar-refractivity contribution in [2.45, 2.75) is 20.3 Å². The molecule has 110 valence electrons. The number of anilines is 1. The van der Waals surface area contributed by atoms with Crippen molar-refractivity contribution in [2.75, 3.05) is 12.3 Å². The van der Waals surface area contributed by atoms with Crippen LogP contribution in [0.2, 0.25) is 0 Å². The first-order chi connectivity index (χ1) is 10.1. The summed E-state index contributed by atoms with van der Waals surface area (Å²) in [5, 5.41) is 4.31. The molecule has 0 bridgehead atoms. The molecule has 0 atom stereocenters. The predicted octanol–water partition coefficient (Wildman–Crippen LogP) is 2.78. The van der Waals surface area contributed by atoms with Crippen molar-refractivity contribution in [1.82, 2.24) is 9.66 Å². The summed E-state index contributed by atoms with van der Waals surface area (Å²) in [6, 6.07) is 5.95. The average Bonchev–Trinajstić information content (AvgIpc) is 2.78.